The highest BCUT2D eigenvalue weighted by molar-refractivity contribution is 6.16. The van der Waals surface area contributed by atoms with Crippen LogP contribution in [0.3, 0.4) is 0 Å². The number of aliphatic hydroxyl groups is 3. The van der Waals surface area contributed by atoms with Crippen molar-refractivity contribution >= 4 is 17.3 Å². The Bertz CT molecular complexity index is 993. The molecule has 0 aromatic carbocycles. The molecule has 0 bridgehead atoms. The van der Waals surface area contributed by atoms with Crippen LogP contribution in [0.2, 0.25) is 0 Å². The molecule has 0 amide bonds. The van der Waals surface area contributed by atoms with Crippen LogP contribution in [0, 0.1) is 0 Å². The molecule has 0 radical (unpaired) electrons. The number of carbonyl (C=O) groups is 3. The predicted molar refractivity (Wildman–Crippen MR) is 252 cm³/mol. The lowest BCUT2D eigenvalue weighted by molar-refractivity contribution is -0.194. The van der Waals surface area contributed by atoms with Crippen LogP contribution in [0.4, 0.5) is 0 Å². The highest BCUT2D eigenvalue weighted by atomic mass is 16.4. The molecule has 0 aromatic heterocycles. The standard InChI is InChI=1S/C53H100O6/c1-4-7-10-13-16-19-22-25-26-29-32-35-38-41-44-47-51(57)53(59,50(56)46-43-40-37-34-31-28-24-21-18-15-12-9-6-3)52(58,48-54)49(55)45-42-39-36-33-30-27-23-20-17-14-11-8-5-2/h25-26,54,58-59H,4-24,27-48H2,1-3H3. The van der Waals surface area contributed by atoms with Gasteiger partial charge in [-0.3, -0.25) is 14.4 Å². The summed E-state index contributed by atoms with van der Waals surface area (Å²) in [7, 11) is 0. The number of rotatable bonds is 48. The molecule has 2 atom stereocenters. The van der Waals surface area contributed by atoms with Gasteiger partial charge >= 0.3 is 0 Å². The van der Waals surface area contributed by atoms with Crippen LogP contribution in [-0.2, 0) is 14.4 Å². The average Bonchev–Trinajstić information content (AvgIpc) is 3.24. The molecule has 0 spiro atoms. The summed E-state index contributed by atoms with van der Waals surface area (Å²) < 4.78 is 0. The first kappa shape index (κ1) is 57.6. The van der Waals surface area contributed by atoms with Crippen LogP contribution in [0.25, 0.3) is 0 Å². The summed E-state index contributed by atoms with van der Waals surface area (Å²) in [5, 5.41) is 34.0. The molecule has 3 N–H and O–H groups in total. The summed E-state index contributed by atoms with van der Waals surface area (Å²) in [6.45, 7) is 5.59. The zero-order chi connectivity index (χ0) is 43.6. The topological polar surface area (TPSA) is 112 Å². The molecule has 0 fully saturated rings. The van der Waals surface area contributed by atoms with Gasteiger partial charge in [0, 0.05) is 19.3 Å². The van der Waals surface area contributed by atoms with Crippen LogP contribution >= 0.6 is 0 Å². The third-order valence-corrected chi connectivity index (χ3v) is 12.8. The minimum Gasteiger partial charge on any atom is -0.393 e. The number of aliphatic hydroxyl groups excluding tert-OH is 1. The van der Waals surface area contributed by atoms with E-state index in [4.69, 9.17) is 0 Å². The van der Waals surface area contributed by atoms with Crippen molar-refractivity contribution < 1.29 is 29.7 Å². The maximum Gasteiger partial charge on any atom is 0.219 e. The highest BCUT2D eigenvalue weighted by Gasteiger charge is 2.62. The van der Waals surface area contributed by atoms with Crippen molar-refractivity contribution in [1.82, 2.24) is 0 Å². The van der Waals surface area contributed by atoms with E-state index in [1.54, 1.807) is 0 Å². The zero-order valence-corrected chi connectivity index (χ0v) is 39.6. The molecule has 0 saturated heterocycles. The van der Waals surface area contributed by atoms with Gasteiger partial charge < -0.3 is 15.3 Å². The summed E-state index contributed by atoms with van der Waals surface area (Å²) >= 11 is 0. The Morgan fingerprint density at radius 2 is 0.559 bits per heavy atom. The van der Waals surface area contributed by atoms with Crippen LogP contribution in [0.15, 0.2) is 12.2 Å². The molecule has 0 aliphatic rings. The first-order chi connectivity index (χ1) is 28.8. The van der Waals surface area contributed by atoms with Gasteiger partial charge in [-0.25, -0.2) is 0 Å². The molecule has 0 aromatic rings. The van der Waals surface area contributed by atoms with Gasteiger partial charge in [0.25, 0.3) is 0 Å². The second-order valence-corrected chi connectivity index (χ2v) is 18.3. The summed E-state index contributed by atoms with van der Waals surface area (Å²) in [5.41, 5.74) is -5.75. The highest BCUT2D eigenvalue weighted by Crippen LogP contribution is 2.32. The van der Waals surface area contributed by atoms with E-state index in [1.807, 2.05) is 0 Å². The molecule has 0 rings (SSSR count). The lowest BCUT2D eigenvalue weighted by Gasteiger charge is -2.39. The minimum atomic E-state index is -2.92. The number of hydrogen-bond acceptors (Lipinski definition) is 6. The Balaban J connectivity index is 4.95. The second-order valence-electron chi connectivity index (χ2n) is 18.3. The number of ketones is 3. The second kappa shape index (κ2) is 42.0. The predicted octanol–water partition coefficient (Wildman–Crippen LogP) is 15.1. The molecule has 0 saturated carbocycles. The Labute approximate surface area is 366 Å². The lowest BCUT2D eigenvalue weighted by atomic mass is 9.71. The molecule has 0 aliphatic carbocycles. The maximum absolute atomic E-state index is 13.8. The third-order valence-electron chi connectivity index (χ3n) is 12.8. The molecular formula is C53H100O6. The molecule has 2 unspecified atom stereocenters. The van der Waals surface area contributed by atoms with Crippen molar-refractivity contribution in [2.75, 3.05) is 6.61 Å². The Kier molecular flexibility index (Phi) is 41.0. The fourth-order valence-electron chi connectivity index (χ4n) is 8.55. The van der Waals surface area contributed by atoms with E-state index in [0.717, 1.165) is 77.0 Å². The van der Waals surface area contributed by atoms with Crippen LogP contribution in [0.1, 0.15) is 290 Å². The molecular weight excluding hydrogens is 733 g/mol. The van der Waals surface area contributed by atoms with Crippen LogP contribution in [0.5, 0.6) is 0 Å². The van der Waals surface area contributed by atoms with Gasteiger partial charge in [0.15, 0.2) is 23.0 Å². The van der Waals surface area contributed by atoms with E-state index in [-0.39, 0.29) is 19.3 Å². The van der Waals surface area contributed by atoms with E-state index < -0.39 is 35.2 Å². The third kappa shape index (κ3) is 29.5. The smallest absolute Gasteiger partial charge is 0.219 e. The fraction of sp³-hybridized carbons (Fsp3) is 0.906. The first-order valence-corrected chi connectivity index (χ1v) is 26.1. The van der Waals surface area contributed by atoms with Gasteiger partial charge in [0.05, 0.1) is 6.61 Å². The quantitative estimate of drug-likeness (QED) is 0.0320. The van der Waals surface area contributed by atoms with Gasteiger partial charge in [-0.15, -0.1) is 0 Å². The minimum absolute atomic E-state index is 0.0795. The van der Waals surface area contributed by atoms with Gasteiger partial charge in [-0.05, 0) is 44.9 Å². The molecule has 59 heavy (non-hydrogen) atoms. The SMILES string of the molecule is CCCCCCCCC=CCCCCCCCC(=O)C(O)(C(=O)CCCCCCCCCCCCCCC)C(O)(CO)C(=O)CCCCCCCCCCCCCCC. The number of carbonyl (C=O) groups excluding carboxylic acids is 3. The zero-order valence-electron chi connectivity index (χ0n) is 39.6. The van der Waals surface area contributed by atoms with Crippen molar-refractivity contribution in [3.63, 3.8) is 0 Å². The molecule has 0 aliphatic heterocycles. The monoisotopic (exact) mass is 833 g/mol. The number of allylic oxidation sites excluding steroid dienone is 2. The number of hydrogen-bond donors (Lipinski definition) is 3. The summed E-state index contributed by atoms with van der Waals surface area (Å²) in [6, 6.07) is 0. The van der Waals surface area contributed by atoms with Gasteiger partial charge in [-0.2, -0.15) is 0 Å². The van der Waals surface area contributed by atoms with Crippen molar-refractivity contribution in [2.45, 2.75) is 302 Å². The Morgan fingerprint density at radius 1 is 0.339 bits per heavy atom. The average molecular weight is 833 g/mol. The summed E-state index contributed by atoms with van der Waals surface area (Å²) in [6.07, 6.45) is 48.5. The Hall–Kier alpha value is -1.37. The molecule has 348 valence electrons. The van der Waals surface area contributed by atoms with Crippen LogP contribution in [-0.4, -0.2) is 50.5 Å². The summed E-state index contributed by atoms with van der Waals surface area (Å²) in [5.74, 6) is -2.46. The van der Waals surface area contributed by atoms with E-state index in [1.165, 1.54) is 154 Å². The van der Waals surface area contributed by atoms with Gasteiger partial charge in [0.2, 0.25) is 5.60 Å². The van der Waals surface area contributed by atoms with Crippen LogP contribution < -0.4 is 0 Å². The maximum atomic E-state index is 13.8. The fourth-order valence-corrected chi connectivity index (χ4v) is 8.55. The Morgan fingerprint density at radius 3 is 0.814 bits per heavy atom. The number of Topliss-reactive ketones (excluding diaryl/α,β-unsaturated/α-hetero) is 3. The number of unbranched alkanes of at least 4 members (excludes halogenated alkanes) is 35. The lowest BCUT2D eigenvalue weighted by Crippen LogP contribution is -2.69. The molecule has 0 heterocycles. The summed E-state index contributed by atoms with van der Waals surface area (Å²) in [4.78, 5) is 41.1. The van der Waals surface area contributed by atoms with E-state index >= 15 is 0 Å². The van der Waals surface area contributed by atoms with E-state index in [9.17, 15) is 29.7 Å². The largest absolute Gasteiger partial charge is 0.393 e. The molecule has 6 heteroatoms. The van der Waals surface area contributed by atoms with Crippen molar-refractivity contribution in [3.8, 4) is 0 Å². The van der Waals surface area contributed by atoms with Crippen molar-refractivity contribution in [3.05, 3.63) is 12.2 Å². The normalized spacial score (nSPS) is 13.9. The van der Waals surface area contributed by atoms with Crippen molar-refractivity contribution in [2.24, 2.45) is 0 Å². The van der Waals surface area contributed by atoms with E-state index in [2.05, 4.69) is 32.9 Å². The molecule has 6 nitrogen and oxygen atoms in total. The van der Waals surface area contributed by atoms with Crippen molar-refractivity contribution in [1.29, 1.82) is 0 Å². The van der Waals surface area contributed by atoms with Gasteiger partial charge in [0.1, 0.15) is 0 Å². The van der Waals surface area contributed by atoms with Gasteiger partial charge in [-0.1, -0.05) is 238 Å². The first-order valence-electron chi connectivity index (χ1n) is 26.1. The van der Waals surface area contributed by atoms with E-state index in [0.29, 0.717) is 19.3 Å².